The molecule has 0 bridgehead atoms. The number of nitrogens with zero attached hydrogens (tertiary/aromatic N) is 1. The number of benzene rings is 2. The Hall–Kier alpha value is -2.37. The highest BCUT2D eigenvalue weighted by Crippen LogP contribution is 2.13. The molecule has 0 aliphatic heterocycles. The van der Waals surface area contributed by atoms with E-state index in [9.17, 15) is 4.79 Å². The lowest BCUT2D eigenvalue weighted by molar-refractivity contribution is -0.134. The average molecular weight is 342 g/mol. The van der Waals surface area contributed by atoms with Gasteiger partial charge in [-0.15, -0.1) is 0 Å². The molecular weight excluding hydrogens is 316 g/mol. The molecule has 5 nitrogen and oxygen atoms in total. The van der Waals surface area contributed by atoms with Crippen molar-refractivity contribution in [2.75, 3.05) is 27.4 Å². The maximum atomic E-state index is 12.7. The van der Waals surface area contributed by atoms with Gasteiger partial charge >= 0.3 is 0 Å². The van der Waals surface area contributed by atoms with Crippen LogP contribution < -0.4 is 10.5 Å². The molecule has 2 aromatic rings. The van der Waals surface area contributed by atoms with Gasteiger partial charge in [0.05, 0.1) is 13.7 Å². The van der Waals surface area contributed by atoms with Crippen LogP contribution in [0.5, 0.6) is 5.75 Å². The van der Waals surface area contributed by atoms with Crippen molar-refractivity contribution in [1.82, 2.24) is 4.90 Å². The average Bonchev–Trinajstić information content (AvgIpc) is 2.66. The largest absolute Gasteiger partial charge is 0.497 e. The van der Waals surface area contributed by atoms with E-state index in [0.717, 1.165) is 23.3 Å². The lowest BCUT2D eigenvalue weighted by atomic mass is 10.1. The molecule has 0 aliphatic carbocycles. The smallest absolute Gasteiger partial charge is 0.242 e. The summed E-state index contributed by atoms with van der Waals surface area (Å²) in [6.07, 6.45) is 0.752. The van der Waals surface area contributed by atoms with E-state index >= 15 is 0 Å². The van der Waals surface area contributed by atoms with Gasteiger partial charge < -0.3 is 20.1 Å². The van der Waals surface area contributed by atoms with Gasteiger partial charge in [0, 0.05) is 20.2 Å². The molecule has 0 saturated carbocycles. The zero-order valence-electron chi connectivity index (χ0n) is 14.9. The van der Waals surface area contributed by atoms with E-state index in [1.165, 1.54) is 0 Å². The third kappa shape index (κ3) is 5.89. The van der Waals surface area contributed by atoms with E-state index in [1.807, 2.05) is 54.6 Å². The van der Waals surface area contributed by atoms with Crippen LogP contribution in [-0.2, 0) is 22.5 Å². The van der Waals surface area contributed by atoms with Crippen molar-refractivity contribution in [2.45, 2.75) is 19.0 Å². The van der Waals surface area contributed by atoms with Crippen LogP contribution in [0.15, 0.2) is 54.6 Å². The van der Waals surface area contributed by atoms with Crippen molar-refractivity contribution in [3.8, 4) is 5.75 Å². The van der Waals surface area contributed by atoms with E-state index in [0.29, 0.717) is 13.1 Å². The normalized spacial score (nSPS) is 11.8. The van der Waals surface area contributed by atoms with Gasteiger partial charge in [0.1, 0.15) is 11.8 Å². The van der Waals surface area contributed by atoms with E-state index in [1.54, 1.807) is 19.1 Å². The minimum Gasteiger partial charge on any atom is -0.497 e. The zero-order chi connectivity index (χ0) is 18.1. The fourth-order valence-corrected chi connectivity index (χ4v) is 2.61. The van der Waals surface area contributed by atoms with Gasteiger partial charge in [-0.3, -0.25) is 4.79 Å². The first-order valence-electron chi connectivity index (χ1n) is 8.34. The summed E-state index contributed by atoms with van der Waals surface area (Å²) in [6, 6.07) is 17.1. The number of rotatable bonds is 9. The van der Waals surface area contributed by atoms with Crippen molar-refractivity contribution in [3.63, 3.8) is 0 Å². The number of hydrogen-bond donors (Lipinski definition) is 1. The first kappa shape index (κ1) is 19.0. The van der Waals surface area contributed by atoms with E-state index in [4.69, 9.17) is 15.2 Å². The molecule has 0 spiro atoms. The quantitative estimate of drug-likeness (QED) is 0.759. The summed E-state index contributed by atoms with van der Waals surface area (Å²) in [5.74, 6) is 0.724. The lowest BCUT2D eigenvalue weighted by Crippen LogP contribution is -2.46. The highest BCUT2D eigenvalue weighted by molar-refractivity contribution is 5.81. The summed E-state index contributed by atoms with van der Waals surface area (Å²) in [7, 11) is 3.19. The molecule has 1 atom stereocenters. The molecule has 0 heterocycles. The van der Waals surface area contributed by atoms with Gasteiger partial charge in [0.2, 0.25) is 5.91 Å². The zero-order valence-corrected chi connectivity index (χ0v) is 14.9. The van der Waals surface area contributed by atoms with Crippen LogP contribution in [0.2, 0.25) is 0 Å². The topological polar surface area (TPSA) is 64.8 Å². The molecule has 1 amide bonds. The summed E-state index contributed by atoms with van der Waals surface area (Å²) < 4.78 is 10.2. The fraction of sp³-hybridized carbons (Fsp3) is 0.350. The van der Waals surface area contributed by atoms with Crippen molar-refractivity contribution >= 4 is 5.91 Å². The van der Waals surface area contributed by atoms with Crippen LogP contribution >= 0.6 is 0 Å². The van der Waals surface area contributed by atoms with Gasteiger partial charge in [0.25, 0.3) is 0 Å². The molecule has 2 N–H and O–H groups in total. The van der Waals surface area contributed by atoms with Gasteiger partial charge in [-0.2, -0.15) is 0 Å². The summed E-state index contributed by atoms with van der Waals surface area (Å²) in [4.78, 5) is 14.5. The number of amides is 1. The highest BCUT2D eigenvalue weighted by Gasteiger charge is 2.21. The van der Waals surface area contributed by atoms with Gasteiger partial charge in [-0.1, -0.05) is 42.5 Å². The Balaban J connectivity index is 2.05. The highest BCUT2D eigenvalue weighted by atomic mass is 16.5. The SMILES string of the molecule is COCC(N)C(=O)N(CCc1ccc(OC)cc1)Cc1ccccc1. The molecule has 5 heteroatoms. The standard InChI is InChI=1S/C20H26N2O3/c1-24-15-19(21)20(23)22(14-17-6-4-3-5-7-17)13-12-16-8-10-18(25-2)11-9-16/h3-11,19H,12-15,21H2,1-2H3. The molecule has 134 valence electrons. The summed E-state index contributed by atoms with van der Waals surface area (Å²) >= 11 is 0. The molecule has 0 fully saturated rings. The molecule has 0 aliphatic rings. The summed E-state index contributed by atoms with van der Waals surface area (Å²) in [6.45, 7) is 1.34. The Morgan fingerprint density at radius 1 is 1.04 bits per heavy atom. The Labute approximate surface area is 149 Å². The van der Waals surface area contributed by atoms with E-state index < -0.39 is 6.04 Å². The number of ether oxygens (including phenoxy) is 2. The number of methoxy groups -OCH3 is 2. The molecule has 2 rings (SSSR count). The van der Waals surface area contributed by atoms with Crippen LogP contribution in [0.4, 0.5) is 0 Å². The Kier molecular flexibility index (Phi) is 7.44. The molecule has 0 saturated heterocycles. The molecule has 2 aromatic carbocycles. The molecular formula is C20H26N2O3. The number of nitrogens with two attached hydrogens (primary N) is 1. The van der Waals surface area contributed by atoms with Crippen molar-refractivity contribution in [3.05, 3.63) is 65.7 Å². The first-order chi connectivity index (χ1) is 12.1. The monoisotopic (exact) mass is 342 g/mol. The van der Waals surface area contributed by atoms with Crippen LogP contribution in [-0.4, -0.2) is 44.2 Å². The van der Waals surface area contributed by atoms with Gasteiger partial charge in [0.15, 0.2) is 0 Å². The summed E-state index contributed by atoms with van der Waals surface area (Å²) in [5, 5.41) is 0. The number of carbonyl (C=O) groups excluding carboxylic acids is 1. The minimum absolute atomic E-state index is 0.0979. The number of hydrogen-bond acceptors (Lipinski definition) is 4. The van der Waals surface area contributed by atoms with Crippen LogP contribution in [0.1, 0.15) is 11.1 Å². The van der Waals surface area contributed by atoms with Crippen LogP contribution in [0, 0.1) is 0 Å². The van der Waals surface area contributed by atoms with E-state index in [2.05, 4.69) is 0 Å². The minimum atomic E-state index is -0.649. The van der Waals surface area contributed by atoms with Crippen molar-refractivity contribution in [1.29, 1.82) is 0 Å². The number of carbonyl (C=O) groups is 1. The Bertz CT molecular complexity index is 644. The second-order valence-electron chi connectivity index (χ2n) is 5.91. The molecule has 1 unspecified atom stereocenters. The van der Waals surface area contributed by atoms with Crippen LogP contribution in [0.3, 0.4) is 0 Å². The maximum absolute atomic E-state index is 12.7. The van der Waals surface area contributed by atoms with Crippen molar-refractivity contribution in [2.24, 2.45) is 5.73 Å². The Morgan fingerprint density at radius 2 is 1.72 bits per heavy atom. The second-order valence-corrected chi connectivity index (χ2v) is 5.91. The Morgan fingerprint density at radius 3 is 2.32 bits per heavy atom. The maximum Gasteiger partial charge on any atom is 0.242 e. The third-order valence-electron chi connectivity index (χ3n) is 4.02. The van der Waals surface area contributed by atoms with Gasteiger partial charge in [-0.25, -0.2) is 0 Å². The molecule has 0 radical (unpaired) electrons. The third-order valence-corrected chi connectivity index (χ3v) is 4.02. The fourth-order valence-electron chi connectivity index (χ4n) is 2.61. The predicted molar refractivity (Wildman–Crippen MR) is 98.4 cm³/mol. The lowest BCUT2D eigenvalue weighted by Gasteiger charge is -2.26. The predicted octanol–water partition coefficient (Wildman–Crippen LogP) is 2.24. The van der Waals surface area contributed by atoms with Gasteiger partial charge in [-0.05, 0) is 29.7 Å². The first-order valence-corrected chi connectivity index (χ1v) is 8.34. The summed E-state index contributed by atoms with van der Waals surface area (Å²) in [5.41, 5.74) is 8.18. The van der Waals surface area contributed by atoms with E-state index in [-0.39, 0.29) is 12.5 Å². The van der Waals surface area contributed by atoms with Crippen LogP contribution in [0.25, 0.3) is 0 Å². The second kappa shape index (κ2) is 9.81. The molecule has 25 heavy (non-hydrogen) atoms. The van der Waals surface area contributed by atoms with Crippen molar-refractivity contribution < 1.29 is 14.3 Å². The molecule has 0 aromatic heterocycles.